The molecule has 2 aliphatic carbocycles. The Bertz CT molecular complexity index is 374. The van der Waals surface area contributed by atoms with Gasteiger partial charge in [0.05, 0.1) is 0 Å². The first-order valence-electron chi connectivity index (χ1n) is 5.79. The smallest absolute Gasteiger partial charge is 0.0102 e. The van der Waals surface area contributed by atoms with Gasteiger partial charge in [-0.2, -0.15) is 0 Å². The Kier molecular flexibility index (Phi) is 1.60. The second-order valence-corrected chi connectivity index (χ2v) is 5.58. The van der Waals surface area contributed by atoms with Crippen LogP contribution < -0.4 is 0 Å². The van der Waals surface area contributed by atoms with E-state index in [9.17, 15) is 0 Å². The Morgan fingerprint density at radius 3 is 2.71 bits per heavy atom. The van der Waals surface area contributed by atoms with Crippen LogP contribution in [0.1, 0.15) is 49.3 Å². The molecule has 2 aliphatic rings. The molecule has 0 spiro atoms. The molecule has 1 atom stereocenters. The zero-order valence-electron chi connectivity index (χ0n) is 9.14. The van der Waals surface area contributed by atoms with Gasteiger partial charge in [0.25, 0.3) is 0 Å². The normalized spacial score (nSPS) is 27.4. The van der Waals surface area contributed by atoms with Crippen molar-refractivity contribution in [2.24, 2.45) is 5.41 Å². The highest BCUT2D eigenvalue weighted by Crippen LogP contribution is 2.59. The highest BCUT2D eigenvalue weighted by Gasteiger charge is 2.47. The van der Waals surface area contributed by atoms with Crippen molar-refractivity contribution in [2.75, 3.05) is 0 Å². The first kappa shape index (κ1) is 8.52. The SMILES string of the molecule is CC1(C)CC1c1cccc2c1CCC2. The third kappa shape index (κ3) is 1.13. The van der Waals surface area contributed by atoms with E-state index in [1.54, 1.807) is 16.7 Å². The van der Waals surface area contributed by atoms with Gasteiger partial charge in [-0.25, -0.2) is 0 Å². The maximum absolute atomic E-state index is 2.39. The van der Waals surface area contributed by atoms with Gasteiger partial charge >= 0.3 is 0 Å². The van der Waals surface area contributed by atoms with E-state index in [1.165, 1.54) is 25.7 Å². The number of rotatable bonds is 1. The summed E-state index contributed by atoms with van der Waals surface area (Å²) in [6, 6.07) is 6.94. The van der Waals surface area contributed by atoms with E-state index in [0.717, 1.165) is 5.92 Å². The topological polar surface area (TPSA) is 0 Å². The van der Waals surface area contributed by atoms with Crippen LogP contribution in [0.15, 0.2) is 18.2 Å². The lowest BCUT2D eigenvalue weighted by Gasteiger charge is -2.09. The highest BCUT2D eigenvalue weighted by atomic mass is 14.5. The van der Waals surface area contributed by atoms with Crippen molar-refractivity contribution in [3.05, 3.63) is 34.9 Å². The van der Waals surface area contributed by atoms with Crippen molar-refractivity contribution in [1.82, 2.24) is 0 Å². The van der Waals surface area contributed by atoms with E-state index in [0.29, 0.717) is 5.41 Å². The zero-order valence-corrected chi connectivity index (χ0v) is 9.14. The van der Waals surface area contributed by atoms with Crippen molar-refractivity contribution in [3.63, 3.8) is 0 Å². The fourth-order valence-electron chi connectivity index (χ4n) is 2.97. The summed E-state index contributed by atoms with van der Waals surface area (Å²) in [6.45, 7) is 4.79. The van der Waals surface area contributed by atoms with E-state index < -0.39 is 0 Å². The van der Waals surface area contributed by atoms with Crippen LogP contribution in [0, 0.1) is 5.41 Å². The maximum atomic E-state index is 2.39. The summed E-state index contributed by atoms with van der Waals surface area (Å²) in [5, 5.41) is 0. The van der Waals surface area contributed by atoms with Crippen LogP contribution in [0.5, 0.6) is 0 Å². The second-order valence-electron chi connectivity index (χ2n) is 5.58. The van der Waals surface area contributed by atoms with Crippen LogP contribution in [-0.2, 0) is 12.8 Å². The van der Waals surface area contributed by atoms with Crippen LogP contribution >= 0.6 is 0 Å². The molecule has 0 heteroatoms. The number of hydrogen-bond acceptors (Lipinski definition) is 0. The summed E-state index contributed by atoms with van der Waals surface area (Å²) in [7, 11) is 0. The number of hydrogen-bond donors (Lipinski definition) is 0. The Hall–Kier alpha value is -0.780. The standard InChI is InChI=1S/C14H18/c1-14(2)9-13(14)12-8-4-6-10-5-3-7-11(10)12/h4,6,8,13H,3,5,7,9H2,1-2H3. The quantitative estimate of drug-likeness (QED) is 0.627. The summed E-state index contributed by atoms with van der Waals surface area (Å²) < 4.78 is 0. The van der Waals surface area contributed by atoms with E-state index in [2.05, 4.69) is 32.0 Å². The van der Waals surface area contributed by atoms with E-state index >= 15 is 0 Å². The second kappa shape index (κ2) is 2.62. The van der Waals surface area contributed by atoms with E-state index in [-0.39, 0.29) is 0 Å². The molecule has 1 fully saturated rings. The van der Waals surface area contributed by atoms with Crippen LogP contribution in [0.25, 0.3) is 0 Å². The van der Waals surface area contributed by atoms with Gasteiger partial charge in [-0.15, -0.1) is 0 Å². The molecule has 74 valence electrons. The Morgan fingerprint density at radius 1 is 1.21 bits per heavy atom. The Morgan fingerprint density at radius 2 is 2.00 bits per heavy atom. The molecule has 1 saturated carbocycles. The first-order valence-corrected chi connectivity index (χ1v) is 5.79. The molecule has 0 nitrogen and oxygen atoms in total. The molecule has 14 heavy (non-hydrogen) atoms. The summed E-state index contributed by atoms with van der Waals surface area (Å²) in [5.74, 6) is 0.857. The average molecular weight is 186 g/mol. The molecule has 0 aliphatic heterocycles. The molecule has 0 radical (unpaired) electrons. The minimum absolute atomic E-state index is 0.581. The van der Waals surface area contributed by atoms with Crippen LogP contribution in [0.3, 0.4) is 0 Å². The van der Waals surface area contributed by atoms with Crippen LogP contribution in [0.4, 0.5) is 0 Å². The predicted octanol–water partition coefficient (Wildman–Crippen LogP) is 3.69. The lowest BCUT2D eigenvalue weighted by atomic mass is 9.96. The van der Waals surface area contributed by atoms with Gasteiger partial charge < -0.3 is 0 Å². The summed E-state index contributed by atoms with van der Waals surface area (Å²) in [6.07, 6.45) is 5.41. The largest absolute Gasteiger partial charge is 0.0617 e. The molecule has 0 heterocycles. The van der Waals surface area contributed by atoms with Gasteiger partial charge in [-0.1, -0.05) is 32.0 Å². The monoisotopic (exact) mass is 186 g/mol. The fourth-order valence-corrected chi connectivity index (χ4v) is 2.97. The lowest BCUT2D eigenvalue weighted by molar-refractivity contribution is 0.620. The van der Waals surface area contributed by atoms with Gasteiger partial charge in [0.15, 0.2) is 0 Å². The van der Waals surface area contributed by atoms with Crippen LogP contribution in [0.2, 0.25) is 0 Å². The molecule has 1 unspecified atom stereocenters. The molecule has 0 amide bonds. The summed E-state index contributed by atoms with van der Waals surface area (Å²) >= 11 is 0. The molecular weight excluding hydrogens is 168 g/mol. The van der Waals surface area contributed by atoms with Crippen LogP contribution in [-0.4, -0.2) is 0 Å². The number of aryl methyl sites for hydroxylation is 1. The first-order chi connectivity index (χ1) is 6.68. The van der Waals surface area contributed by atoms with E-state index in [1.807, 2.05) is 0 Å². The molecule has 0 aromatic heterocycles. The van der Waals surface area contributed by atoms with Gasteiger partial charge in [0, 0.05) is 0 Å². The van der Waals surface area contributed by atoms with Crippen molar-refractivity contribution < 1.29 is 0 Å². The molecule has 0 bridgehead atoms. The lowest BCUT2D eigenvalue weighted by Crippen LogP contribution is -1.95. The fraction of sp³-hybridized carbons (Fsp3) is 0.571. The minimum atomic E-state index is 0.581. The third-order valence-corrected chi connectivity index (χ3v) is 4.07. The highest BCUT2D eigenvalue weighted by molar-refractivity contribution is 5.43. The molecule has 0 N–H and O–H groups in total. The molecule has 0 saturated heterocycles. The summed E-state index contributed by atoms with van der Waals surface area (Å²) in [4.78, 5) is 0. The van der Waals surface area contributed by atoms with Gasteiger partial charge in [-0.05, 0) is 53.7 Å². The van der Waals surface area contributed by atoms with E-state index in [4.69, 9.17) is 0 Å². The number of fused-ring (bicyclic) bond motifs is 1. The van der Waals surface area contributed by atoms with Gasteiger partial charge in [-0.3, -0.25) is 0 Å². The Balaban J connectivity index is 2.04. The van der Waals surface area contributed by atoms with Crippen molar-refractivity contribution in [2.45, 2.75) is 45.4 Å². The zero-order chi connectivity index (χ0) is 9.76. The van der Waals surface area contributed by atoms with Gasteiger partial charge in [0.1, 0.15) is 0 Å². The Labute approximate surface area is 86.3 Å². The third-order valence-electron chi connectivity index (χ3n) is 4.07. The predicted molar refractivity (Wildman–Crippen MR) is 59.6 cm³/mol. The number of benzene rings is 1. The summed E-state index contributed by atoms with van der Waals surface area (Å²) in [5.41, 5.74) is 5.58. The average Bonchev–Trinajstić information content (AvgIpc) is 2.64. The maximum Gasteiger partial charge on any atom is -0.0102 e. The minimum Gasteiger partial charge on any atom is -0.0617 e. The van der Waals surface area contributed by atoms with Crippen molar-refractivity contribution in [3.8, 4) is 0 Å². The van der Waals surface area contributed by atoms with Crippen molar-refractivity contribution >= 4 is 0 Å². The molecule has 1 aromatic carbocycles. The van der Waals surface area contributed by atoms with Crippen molar-refractivity contribution in [1.29, 1.82) is 0 Å². The molecule has 3 rings (SSSR count). The molecular formula is C14H18. The molecule has 1 aromatic rings. The van der Waals surface area contributed by atoms with Gasteiger partial charge in [0.2, 0.25) is 0 Å².